The molecule has 1 saturated heterocycles. The summed E-state index contributed by atoms with van der Waals surface area (Å²) in [6.45, 7) is 13.1. The van der Waals surface area contributed by atoms with Crippen LogP contribution < -0.4 is 10.1 Å². The molecule has 4 rings (SSSR count). The topological polar surface area (TPSA) is 44.8 Å². The molecular formula is C33H46F3N3O2. The molecule has 2 fully saturated rings. The number of hydrogen-bond donors (Lipinski definition) is 1. The van der Waals surface area contributed by atoms with Gasteiger partial charge in [-0.15, -0.1) is 0 Å². The van der Waals surface area contributed by atoms with Gasteiger partial charge in [0.1, 0.15) is 5.75 Å². The largest absolute Gasteiger partial charge is 0.493 e. The number of piperazine rings is 1. The van der Waals surface area contributed by atoms with Gasteiger partial charge in [-0.05, 0) is 106 Å². The number of ether oxygens (including phenoxy) is 1. The van der Waals surface area contributed by atoms with E-state index in [1.807, 2.05) is 0 Å². The zero-order valence-electron chi connectivity index (χ0n) is 25.0. The summed E-state index contributed by atoms with van der Waals surface area (Å²) in [7, 11) is 0. The number of carbonyl (C=O) groups excluding carboxylic acids is 1. The van der Waals surface area contributed by atoms with Gasteiger partial charge in [0.2, 0.25) is 0 Å². The molecule has 1 aliphatic heterocycles. The number of amides is 1. The zero-order chi connectivity index (χ0) is 29.6. The van der Waals surface area contributed by atoms with E-state index in [2.05, 4.69) is 50.0 Å². The lowest BCUT2D eigenvalue weighted by atomic mass is 9.86. The minimum Gasteiger partial charge on any atom is -0.493 e. The van der Waals surface area contributed by atoms with Crippen LogP contribution >= 0.6 is 0 Å². The number of benzene rings is 2. The predicted octanol–water partition coefficient (Wildman–Crippen LogP) is 7.17. The van der Waals surface area contributed by atoms with Crippen LogP contribution in [0.1, 0.15) is 91.0 Å². The van der Waals surface area contributed by atoms with Crippen molar-refractivity contribution in [3.8, 4) is 5.75 Å². The molecule has 1 amide bonds. The van der Waals surface area contributed by atoms with Gasteiger partial charge in [0, 0.05) is 43.8 Å². The molecule has 0 bridgehead atoms. The van der Waals surface area contributed by atoms with Crippen molar-refractivity contribution in [1.29, 1.82) is 0 Å². The highest BCUT2D eigenvalue weighted by molar-refractivity contribution is 5.94. The van der Waals surface area contributed by atoms with Gasteiger partial charge in [-0.2, -0.15) is 13.2 Å². The van der Waals surface area contributed by atoms with E-state index in [4.69, 9.17) is 4.74 Å². The van der Waals surface area contributed by atoms with Crippen molar-refractivity contribution in [2.24, 2.45) is 5.92 Å². The Kier molecular flexibility index (Phi) is 10.8. The Hall–Kier alpha value is -2.58. The number of rotatable bonds is 10. The fraction of sp³-hybridized carbons (Fsp3) is 0.606. The normalized spacial score (nSPS) is 21.1. The second-order valence-corrected chi connectivity index (χ2v) is 11.9. The van der Waals surface area contributed by atoms with Gasteiger partial charge in [-0.3, -0.25) is 9.69 Å². The first kappa shape index (κ1) is 31.4. The Morgan fingerprint density at radius 3 is 2.32 bits per heavy atom. The zero-order valence-corrected chi connectivity index (χ0v) is 25.0. The van der Waals surface area contributed by atoms with Crippen molar-refractivity contribution >= 4 is 5.91 Å². The monoisotopic (exact) mass is 573 g/mol. The molecule has 41 heavy (non-hydrogen) atoms. The van der Waals surface area contributed by atoms with E-state index in [-0.39, 0.29) is 17.5 Å². The molecule has 0 spiro atoms. The first-order chi connectivity index (χ1) is 19.6. The van der Waals surface area contributed by atoms with Crippen LogP contribution in [0.5, 0.6) is 5.75 Å². The number of alkyl halides is 3. The summed E-state index contributed by atoms with van der Waals surface area (Å²) in [4.78, 5) is 17.0. The molecule has 8 heteroatoms. The summed E-state index contributed by atoms with van der Waals surface area (Å²) in [6.07, 6.45) is 3.10. The van der Waals surface area contributed by atoms with Crippen molar-refractivity contribution in [2.75, 3.05) is 39.3 Å². The molecule has 2 aliphatic rings. The van der Waals surface area contributed by atoms with Gasteiger partial charge in [0.25, 0.3) is 5.91 Å². The van der Waals surface area contributed by atoms with Gasteiger partial charge in [-0.25, -0.2) is 0 Å². The Balaban J connectivity index is 1.23. The third-order valence-electron chi connectivity index (χ3n) is 9.18. The van der Waals surface area contributed by atoms with Crippen molar-refractivity contribution in [3.63, 3.8) is 0 Å². The van der Waals surface area contributed by atoms with E-state index in [9.17, 15) is 18.0 Å². The van der Waals surface area contributed by atoms with E-state index >= 15 is 0 Å². The number of halogens is 3. The minimum absolute atomic E-state index is 0.180. The molecule has 226 valence electrons. The Morgan fingerprint density at radius 2 is 1.66 bits per heavy atom. The average molecular weight is 574 g/mol. The molecule has 1 saturated carbocycles. The van der Waals surface area contributed by atoms with E-state index < -0.39 is 11.7 Å². The van der Waals surface area contributed by atoms with Gasteiger partial charge in [-0.1, -0.05) is 25.8 Å². The van der Waals surface area contributed by atoms with Gasteiger partial charge < -0.3 is 15.0 Å². The van der Waals surface area contributed by atoms with Crippen molar-refractivity contribution < 1.29 is 22.7 Å². The van der Waals surface area contributed by atoms with Crippen LogP contribution in [0.2, 0.25) is 0 Å². The SMILES string of the molecule is Cc1c(OCCCCNC2CCCCC2C)ccc(C(C)N2CCN(C(=O)c3ccc(C(F)(F)F)cc3)CC2)c1C. The number of carbonyl (C=O) groups is 1. The number of unbranched alkanes of at least 4 members (excludes halogenated alkanes) is 1. The molecule has 1 heterocycles. The fourth-order valence-corrected chi connectivity index (χ4v) is 6.24. The maximum atomic E-state index is 12.9. The summed E-state index contributed by atoms with van der Waals surface area (Å²) >= 11 is 0. The van der Waals surface area contributed by atoms with Gasteiger partial charge in [0.15, 0.2) is 0 Å². The predicted molar refractivity (Wildman–Crippen MR) is 157 cm³/mol. The third-order valence-corrected chi connectivity index (χ3v) is 9.18. The molecule has 1 N–H and O–H groups in total. The summed E-state index contributed by atoms with van der Waals surface area (Å²) in [5.74, 6) is 1.50. The summed E-state index contributed by atoms with van der Waals surface area (Å²) < 4.78 is 44.7. The quantitative estimate of drug-likeness (QED) is 0.306. The van der Waals surface area contributed by atoms with E-state index in [1.165, 1.54) is 54.5 Å². The van der Waals surface area contributed by atoms with Gasteiger partial charge >= 0.3 is 6.18 Å². The van der Waals surface area contributed by atoms with Crippen molar-refractivity contribution in [1.82, 2.24) is 15.1 Å². The number of hydrogen-bond acceptors (Lipinski definition) is 4. The van der Waals surface area contributed by atoms with Crippen LogP contribution in [0.3, 0.4) is 0 Å². The lowest BCUT2D eigenvalue weighted by Gasteiger charge is -2.39. The fourth-order valence-electron chi connectivity index (χ4n) is 6.24. The second-order valence-electron chi connectivity index (χ2n) is 11.9. The van der Waals surface area contributed by atoms with Crippen molar-refractivity contribution in [3.05, 3.63) is 64.2 Å². The molecule has 2 aromatic carbocycles. The standard InChI is InChI=1S/C33H46F3N3O2/c1-23-9-5-6-10-30(23)37-17-7-8-22-41-31-16-15-29(24(2)25(31)3)26(4)38-18-20-39(21-19-38)32(40)27-11-13-28(14-12-27)33(34,35)36/h11-16,23,26,30,37H,5-10,17-22H2,1-4H3. The minimum atomic E-state index is -4.41. The summed E-state index contributed by atoms with van der Waals surface area (Å²) in [5, 5.41) is 3.75. The third kappa shape index (κ3) is 8.04. The summed E-state index contributed by atoms with van der Waals surface area (Å²) in [5.41, 5.74) is 3.19. The molecule has 2 aromatic rings. The lowest BCUT2D eigenvalue weighted by Crippen LogP contribution is -2.49. The molecule has 1 aliphatic carbocycles. The molecule has 0 aromatic heterocycles. The average Bonchev–Trinajstić information content (AvgIpc) is 2.97. The highest BCUT2D eigenvalue weighted by atomic mass is 19.4. The van der Waals surface area contributed by atoms with E-state index in [0.29, 0.717) is 38.8 Å². The molecule has 0 radical (unpaired) electrons. The van der Waals surface area contributed by atoms with Crippen LogP contribution in [0.15, 0.2) is 36.4 Å². The molecule has 3 unspecified atom stereocenters. The Labute approximate surface area is 243 Å². The first-order valence-electron chi connectivity index (χ1n) is 15.2. The maximum absolute atomic E-state index is 12.9. The van der Waals surface area contributed by atoms with Crippen LogP contribution in [0.25, 0.3) is 0 Å². The van der Waals surface area contributed by atoms with Crippen LogP contribution in [0.4, 0.5) is 13.2 Å². The molecular weight excluding hydrogens is 527 g/mol. The Bertz CT molecular complexity index is 1140. The highest BCUT2D eigenvalue weighted by Gasteiger charge is 2.31. The van der Waals surface area contributed by atoms with Crippen LogP contribution in [-0.2, 0) is 6.18 Å². The maximum Gasteiger partial charge on any atom is 0.416 e. The molecule has 3 atom stereocenters. The van der Waals surface area contributed by atoms with Crippen LogP contribution in [-0.4, -0.2) is 61.1 Å². The summed E-state index contributed by atoms with van der Waals surface area (Å²) in [6, 6.07) is 9.58. The van der Waals surface area contributed by atoms with Gasteiger partial charge in [0.05, 0.1) is 12.2 Å². The first-order valence-corrected chi connectivity index (χ1v) is 15.2. The molecule has 5 nitrogen and oxygen atoms in total. The van der Waals surface area contributed by atoms with E-state index in [1.54, 1.807) is 4.90 Å². The number of nitrogens with zero attached hydrogens (tertiary/aromatic N) is 2. The second kappa shape index (κ2) is 14.1. The lowest BCUT2D eigenvalue weighted by molar-refractivity contribution is -0.137. The number of nitrogens with one attached hydrogen (secondary N) is 1. The van der Waals surface area contributed by atoms with E-state index in [0.717, 1.165) is 43.2 Å². The van der Waals surface area contributed by atoms with Crippen molar-refractivity contribution in [2.45, 2.75) is 84.5 Å². The highest BCUT2D eigenvalue weighted by Crippen LogP contribution is 2.32. The smallest absolute Gasteiger partial charge is 0.416 e. The Morgan fingerprint density at radius 1 is 0.976 bits per heavy atom. The van der Waals surface area contributed by atoms with Crippen LogP contribution in [0, 0.1) is 19.8 Å².